The van der Waals surface area contributed by atoms with E-state index in [4.69, 9.17) is 0 Å². The maximum absolute atomic E-state index is 13.1. The first-order chi connectivity index (χ1) is 13.5. The monoisotopic (exact) mass is 398 g/mol. The molecule has 1 amide bonds. The summed E-state index contributed by atoms with van der Waals surface area (Å²) in [5, 5.41) is 2.99. The van der Waals surface area contributed by atoms with Crippen LogP contribution in [0.4, 0.5) is 0 Å². The van der Waals surface area contributed by atoms with E-state index >= 15 is 0 Å². The zero-order chi connectivity index (χ0) is 19.6. The summed E-state index contributed by atoms with van der Waals surface area (Å²) in [4.78, 5) is 12.7. The van der Waals surface area contributed by atoms with Gasteiger partial charge in [-0.25, -0.2) is 8.42 Å². The molecular formula is C22H26N2O3S. The van der Waals surface area contributed by atoms with Crippen molar-refractivity contribution < 1.29 is 13.2 Å². The van der Waals surface area contributed by atoms with Crippen molar-refractivity contribution in [3.8, 4) is 11.1 Å². The molecule has 2 fully saturated rings. The molecule has 1 saturated carbocycles. The molecule has 148 valence electrons. The summed E-state index contributed by atoms with van der Waals surface area (Å²) in [6, 6.07) is 16.9. The molecule has 1 atom stereocenters. The van der Waals surface area contributed by atoms with E-state index in [-0.39, 0.29) is 23.3 Å². The predicted octanol–water partition coefficient (Wildman–Crippen LogP) is 3.28. The number of hydrogen-bond acceptors (Lipinski definition) is 3. The van der Waals surface area contributed by atoms with Gasteiger partial charge < -0.3 is 5.32 Å². The SMILES string of the molecule is O=C(NCC1CC1)C1CCCN(S(=O)(=O)c2ccc(-c3ccccc3)cc2)C1. The second-order valence-corrected chi connectivity index (χ2v) is 9.72. The summed E-state index contributed by atoms with van der Waals surface area (Å²) in [6.07, 6.45) is 3.83. The lowest BCUT2D eigenvalue weighted by atomic mass is 9.99. The Kier molecular flexibility index (Phi) is 5.51. The predicted molar refractivity (Wildman–Crippen MR) is 109 cm³/mol. The summed E-state index contributed by atoms with van der Waals surface area (Å²) in [5.74, 6) is 0.354. The number of carbonyl (C=O) groups excluding carboxylic acids is 1. The number of carbonyl (C=O) groups is 1. The number of piperidine rings is 1. The van der Waals surface area contributed by atoms with Crippen LogP contribution in [-0.4, -0.2) is 38.3 Å². The van der Waals surface area contributed by atoms with Gasteiger partial charge in [0.1, 0.15) is 0 Å². The fourth-order valence-electron chi connectivity index (χ4n) is 3.69. The molecule has 0 aromatic heterocycles. The Morgan fingerprint density at radius 2 is 1.64 bits per heavy atom. The first kappa shape index (κ1) is 19.2. The van der Waals surface area contributed by atoms with E-state index in [9.17, 15) is 13.2 Å². The van der Waals surface area contributed by atoms with Crippen molar-refractivity contribution in [1.82, 2.24) is 9.62 Å². The summed E-state index contributed by atoms with van der Waals surface area (Å²) in [7, 11) is -3.59. The number of nitrogens with zero attached hydrogens (tertiary/aromatic N) is 1. The Hall–Kier alpha value is -2.18. The normalized spacial score (nSPS) is 20.6. The molecule has 0 bridgehead atoms. The van der Waals surface area contributed by atoms with Crippen molar-refractivity contribution in [3.05, 3.63) is 54.6 Å². The number of rotatable bonds is 6. The summed E-state index contributed by atoms with van der Waals surface area (Å²) in [6.45, 7) is 1.46. The molecule has 5 nitrogen and oxygen atoms in total. The standard InChI is InChI=1S/C22H26N2O3S/c25-22(23-15-17-8-9-17)20-7-4-14-24(16-20)28(26,27)21-12-10-19(11-13-21)18-5-2-1-3-6-18/h1-3,5-6,10-13,17,20H,4,7-9,14-16H2,(H,23,25). The van der Waals surface area contributed by atoms with Crippen LogP contribution in [0.2, 0.25) is 0 Å². The lowest BCUT2D eigenvalue weighted by Gasteiger charge is -2.31. The minimum atomic E-state index is -3.59. The zero-order valence-corrected chi connectivity index (χ0v) is 16.7. The van der Waals surface area contributed by atoms with Gasteiger partial charge >= 0.3 is 0 Å². The van der Waals surface area contributed by atoms with E-state index in [0.717, 1.165) is 24.1 Å². The quantitative estimate of drug-likeness (QED) is 0.812. The Morgan fingerprint density at radius 1 is 0.964 bits per heavy atom. The molecule has 6 heteroatoms. The molecule has 1 aliphatic carbocycles. The maximum atomic E-state index is 13.1. The van der Waals surface area contributed by atoms with Crippen molar-refractivity contribution in [1.29, 1.82) is 0 Å². The van der Waals surface area contributed by atoms with Crippen molar-refractivity contribution in [2.45, 2.75) is 30.6 Å². The third-order valence-corrected chi connectivity index (χ3v) is 7.50. The second-order valence-electron chi connectivity index (χ2n) is 7.78. The fraction of sp³-hybridized carbons (Fsp3) is 0.409. The topological polar surface area (TPSA) is 66.5 Å². The van der Waals surface area contributed by atoms with E-state index in [1.54, 1.807) is 12.1 Å². The van der Waals surface area contributed by atoms with Gasteiger partial charge in [0.15, 0.2) is 0 Å². The lowest BCUT2D eigenvalue weighted by molar-refractivity contribution is -0.126. The van der Waals surface area contributed by atoms with Crippen LogP contribution >= 0.6 is 0 Å². The van der Waals surface area contributed by atoms with Crippen molar-refractivity contribution in [2.75, 3.05) is 19.6 Å². The summed E-state index contributed by atoms with van der Waals surface area (Å²) in [5.41, 5.74) is 2.03. The molecule has 2 aromatic carbocycles. The Morgan fingerprint density at radius 3 is 2.32 bits per heavy atom. The number of nitrogens with one attached hydrogen (secondary N) is 1. The summed E-state index contributed by atoms with van der Waals surface area (Å²) >= 11 is 0. The smallest absolute Gasteiger partial charge is 0.243 e. The maximum Gasteiger partial charge on any atom is 0.243 e. The van der Waals surface area contributed by atoms with Gasteiger partial charge in [0.05, 0.1) is 10.8 Å². The molecule has 1 N–H and O–H groups in total. The van der Waals surface area contributed by atoms with E-state index in [1.165, 1.54) is 17.1 Å². The molecule has 1 aliphatic heterocycles. The van der Waals surface area contributed by atoms with Crippen molar-refractivity contribution in [2.24, 2.45) is 11.8 Å². The number of hydrogen-bond donors (Lipinski definition) is 1. The van der Waals surface area contributed by atoms with Gasteiger partial charge in [-0.05, 0) is 54.9 Å². The van der Waals surface area contributed by atoms with Crippen LogP contribution in [-0.2, 0) is 14.8 Å². The highest BCUT2D eigenvalue weighted by Gasteiger charge is 2.33. The Bertz CT molecular complexity index is 922. The average molecular weight is 399 g/mol. The molecule has 1 saturated heterocycles. The first-order valence-corrected chi connectivity index (χ1v) is 11.4. The van der Waals surface area contributed by atoms with Crippen LogP contribution in [0.15, 0.2) is 59.5 Å². The van der Waals surface area contributed by atoms with Gasteiger partial charge in [-0.1, -0.05) is 42.5 Å². The van der Waals surface area contributed by atoms with Crippen LogP contribution in [0.5, 0.6) is 0 Å². The van der Waals surface area contributed by atoms with Gasteiger partial charge in [-0.2, -0.15) is 4.31 Å². The van der Waals surface area contributed by atoms with Gasteiger partial charge in [0.2, 0.25) is 15.9 Å². The molecule has 1 unspecified atom stereocenters. The molecule has 1 heterocycles. The minimum Gasteiger partial charge on any atom is -0.356 e. The highest BCUT2D eigenvalue weighted by molar-refractivity contribution is 7.89. The van der Waals surface area contributed by atoms with Crippen LogP contribution < -0.4 is 5.32 Å². The minimum absolute atomic E-state index is 0.00812. The molecule has 2 aromatic rings. The first-order valence-electron chi connectivity index (χ1n) is 9.97. The zero-order valence-electron chi connectivity index (χ0n) is 15.9. The molecule has 2 aliphatic rings. The van der Waals surface area contributed by atoms with E-state index in [2.05, 4.69) is 5.32 Å². The molecule has 0 radical (unpaired) electrons. The highest BCUT2D eigenvalue weighted by atomic mass is 32.2. The Balaban J connectivity index is 1.45. The van der Waals surface area contributed by atoms with Gasteiger partial charge in [0, 0.05) is 19.6 Å². The number of amides is 1. The molecular weight excluding hydrogens is 372 g/mol. The third-order valence-electron chi connectivity index (χ3n) is 5.62. The van der Waals surface area contributed by atoms with E-state index in [0.29, 0.717) is 18.9 Å². The lowest BCUT2D eigenvalue weighted by Crippen LogP contribution is -2.45. The summed E-state index contributed by atoms with van der Waals surface area (Å²) < 4.78 is 27.6. The van der Waals surface area contributed by atoms with E-state index in [1.807, 2.05) is 42.5 Å². The second kappa shape index (κ2) is 8.05. The largest absolute Gasteiger partial charge is 0.356 e. The van der Waals surface area contributed by atoms with Crippen LogP contribution in [0.25, 0.3) is 11.1 Å². The van der Waals surface area contributed by atoms with Gasteiger partial charge in [-0.3, -0.25) is 4.79 Å². The molecule has 28 heavy (non-hydrogen) atoms. The number of benzene rings is 2. The number of sulfonamides is 1. The van der Waals surface area contributed by atoms with Gasteiger partial charge in [-0.15, -0.1) is 0 Å². The van der Waals surface area contributed by atoms with Crippen molar-refractivity contribution >= 4 is 15.9 Å². The van der Waals surface area contributed by atoms with Crippen molar-refractivity contribution in [3.63, 3.8) is 0 Å². The van der Waals surface area contributed by atoms with Crippen LogP contribution in [0.1, 0.15) is 25.7 Å². The average Bonchev–Trinajstić information content (AvgIpc) is 3.57. The van der Waals surface area contributed by atoms with Crippen LogP contribution in [0.3, 0.4) is 0 Å². The third kappa shape index (κ3) is 4.28. The molecule has 0 spiro atoms. The Labute approximate surface area is 166 Å². The molecule has 4 rings (SSSR count). The van der Waals surface area contributed by atoms with E-state index < -0.39 is 10.0 Å². The van der Waals surface area contributed by atoms with Crippen LogP contribution in [0, 0.1) is 11.8 Å². The fourth-order valence-corrected chi connectivity index (χ4v) is 5.21. The highest BCUT2D eigenvalue weighted by Crippen LogP contribution is 2.29. The van der Waals surface area contributed by atoms with Gasteiger partial charge in [0.25, 0.3) is 0 Å².